The molecule has 0 aliphatic carbocycles. The van der Waals surface area contributed by atoms with E-state index in [1.165, 1.54) is 5.69 Å². The fourth-order valence-electron chi connectivity index (χ4n) is 3.73. The molecule has 0 aromatic carbocycles. The van der Waals surface area contributed by atoms with E-state index in [9.17, 15) is 4.79 Å². The van der Waals surface area contributed by atoms with Crippen molar-refractivity contribution in [2.75, 3.05) is 27.2 Å². The number of aromatic nitrogens is 3. The van der Waals surface area contributed by atoms with E-state index in [-0.39, 0.29) is 18.4 Å². The molecule has 0 saturated carbocycles. The molecular formula is C19H27N5O2. The van der Waals surface area contributed by atoms with Crippen LogP contribution in [0.15, 0.2) is 30.7 Å². The van der Waals surface area contributed by atoms with Gasteiger partial charge in [0.1, 0.15) is 0 Å². The van der Waals surface area contributed by atoms with Crippen LogP contribution in [0, 0.1) is 5.92 Å². The Balaban J connectivity index is 1.61. The molecule has 0 bridgehead atoms. The average molecular weight is 357 g/mol. The van der Waals surface area contributed by atoms with E-state index < -0.39 is 0 Å². The van der Waals surface area contributed by atoms with Crippen molar-refractivity contribution in [2.24, 2.45) is 13.0 Å². The second-order valence-corrected chi connectivity index (χ2v) is 6.91. The van der Waals surface area contributed by atoms with Gasteiger partial charge in [0.15, 0.2) is 0 Å². The number of nitrogens with one attached hydrogen (secondary N) is 1. The summed E-state index contributed by atoms with van der Waals surface area (Å²) in [5, 5.41) is 3.09. The Morgan fingerprint density at radius 2 is 2.23 bits per heavy atom. The highest BCUT2D eigenvalue weighted by atomic mass is 16.5. The Labute approximate surface area is 154 Å². The Morgan fingerprint density at radius 3 is 2.96 bits per heavy atom. The number of pyridine rings is 1. The normalized spacial score (nSPS) is 20.7. The van der Waals surface area contributed by atoms with Gasteiger partial charge in [-0.3, -0.25) is 9.69 Å². The van der Waals surface area contributed by atoms with Crippen LogP contribution in [0.5, 0.6) is 5.88 Å². The van der Waals surface area contributed by atoms with Gasteiger partial charge in [-0.2, -0.15) is 0 Å². The predicted molar refractivity (Wildman–Crippen MR) is 98.8 cm³/mol. The molecule has 1 aliphatic rings. The fourth-order valence-corrected chi connectivity index (χ4v) is 3.73. The minimum atomic E-state index is -0.0114. The average Bonchev–Trinajstić information content (AvgIpc) is 3.05. The second kappa shape index (κ2) is 8.31. The number of likely N-dealkylation sites (tertiary alicyclic amines) is 1. The van der Waals surface area contributed by atoms with Crippen LogP contribution in [0.1, 0.15) is 30.3 Å². The maximum absolute atomic E-state index is 12.4. The molecule has 3 rings (SSSR count). The maximum Gasteiger partial charge on any atom is 0.226 e. The molecule has 3 heterocycles. The lowest BCUT2D eigenvalue weighted by Gasteiger charge is -2.39. The van der Waals surface area contributed by atoms with Crippen LogP contribution < -0.4 is 10.1 Å². The minimum Gasteiger partial charge on any atom is -0.481 e. The van der Waals surface area contributed by atoms with E-state index in [1.54, 1.807) is 13.2 Å². The van der Waals surface area contributed by atoms with Gasteiger partial charge in [-0.05, 0) is 38.4 Å². The number of methoxy groups -OCH3 is 1. The van der Waals surface area contributed by atoms with Crippen LogP contribution in [-0.2, 0) is 18.3 Å². The molecular weight excluding hydrogens is 330 g/mol. The molecule has 0 radical (unpaired) electrons. The smallest absolute Gasteiger partial charge is 0.226 e. The third-order valence-electron chi connectivity index (χ3n) is 5.06. The SMILES string of the molecule is COc1cccc(CC(=O)NC[C@@H]2CCCN(C)[C@H]2c2cncn2C)n1. The van der Waals surface area contributed by atoms with Crippen LogP contribution in [0.2, 0.25) is 0 Å². The van der Waals surface area contributed by atoms with E-state index in [2.05, 4.69) is 31.8 Å². The third kappa shape index (κ3) is 4.22. The summed E-state index contributed by atoms with van der Waals surface area (Å²) in [7, 11) is 5.74. The number of piperidine rings is 1. The van der Waals surface area contributed by atoms with Crippen LogP contribution in [0.25, 0.3) is 0 Å². The molecule has 1 fully saturated rings. The summed E-state index contributed by atoms with van der Waals surface area (Å²) in [5.41, 5.74) is 1.91. The van der Waals surface area contributed by atoms with E-state index in [0.29, 0.717) is 24.0 Å². The number of carbonyl (C=O) groups is 1. The minimum absolute atomic E-state index is 0.0114. The molecule has 1 amide bonds. The van der Waals surface area contributed by atoms with Crippen molar-refractivity contribution >= 4 is 5.91 Å². The molecule has 2 aromatic rings. The second-order valence-electron chi connectivity index (χ2n) is 6.91. The molecule has 26 heavy (non-hydrogen) atoms. The molecule has 2 atom stereocenters. The number of ether oxygens (including phenoxy) is 1. The molecule has 7 nitrogen and oxygen atoms in total. The monoisotopic (exact) mass is 357 g/mol. The van der Waals surface area contributed by atoms with E-state index >= 15 is 0 Å². The molecule has 1 N–H and O–H groups in total. The number of hydrogen-bond donors (Lipinski definition) is 1. The van der Waals surface area contributed by atoms with Crippen LogP contribution in [0.3, 0.4) is 0 Å². The number of hydrogen-bond acceptors (Lipinski definition) is 5. The summed E-state index contributed by atoms with van der Waals surface area (Å²) in [6, 6.07) is 5.74. The van der Waals surface area contributed by atoms with Crippen molar-refractivity contribution in [3.8, 4) is 5.88 Å². The summed E-state index contributed by atoms with van der Waals surface area (Å²) < 4.78 is 7.18. The van der Waals surface area contributed by atoms with Crippen molar-refractivity contribution in [1.29, 1.82) is 0 Å². The lowest BCUT2D eigenvalue weighted by atomic mass is 9.87. The first kappa shape index (κ1) is 18.4. The number of imidazole rings is 1. The number of rotatable bonds is 6. The number of carbonyl (C=O) groups excluding carboxylic acids is 1. The summed E-state index contributed by atoms with van der Waals surface area (Å²) in [5.74, 6) is 0.884. The van der Waals surface area contributed by atoms with Gasteiger partial charge in [-0.15, -0.1) is 0 Å². The zero-order valence-corrected chi connectivity index (χ0v) is 15.7. The zero-order valence-electron chi connectivity index (χ0n) is 15.7. The molecule has 140 valence electrons. The van der Waals surface area contributed by atoms with E-state index in [1.807, 2.05) is 31.7 Å². The number of nitrogens with zero attached hydrogens (tertiary/aromatic N) is 4. The summed E-state index contributed by atoms with van der Waals surface area (Å²) in [6.45, 7) is 1.72. The first-order chi connectivity index (χ1) is 12.6. The van der Waals surface area contributed by atoms with Gasteiger partial charge in [-0.25, -0.2) is 9.97 Å². The molecule has 0 unspecified atom stereocenters. The van der Waals surface area contributed by atoms with Crippen molar-refractivity contribution in [2.45, 2.75) is 25.3 Å². The van der Waals surface area contributed by atoms with Gasteiger partial charge in [0.2, 0.25) is 11.8 Å². The fraction of sp³-hybridized carbons (Fsp3) is 0.526. The summed E-state index contributed by atoms with van der Waals surface area (Å²) in [6.07, 6.45) is 6.26. The Hall–Kier alpha value is -2.41. The maximum atomic E-state index is 12.4. The van der Waals surface area contributed by atoms with Gasteiger partial charge in [0, 0.05) is 25.9 Å². The molecule has 1 saturated heterocycles. The number of aryl methyl sites for hydroxylation is 1. The quantitative estimate of drug-likeness (QED) is 0.850. The van der Waals surface area contributed by atoms with Crippen LogP contribution in [-0.4, -0.2) is 52.6 Å². The highest BCUT2D eigenvalue weighted by Gasteiger charge is 2.32. The van der Waals surface area contributed by atoms with Crippen LogP contribution >= 0.6 is 0 Å². The standard InChI is InChI=1S/C19H27N5O2/c1-23-9-5-6-14(19(23)16-12-20-13-24(16)2)11-21-17(25)10-15-7-4-8-18(22-15)26-3/h4,7-8,12-14,19H,5-6,9-11H2,1-3H3,(H,21,25)/t14-,19+/m0/s1. The van der Waals surface area contributed by atoms with Gasteiger partial charge in [0.05, 0.1) is 37.3 Å². The van der Waals surface area contributed by atoms with Gasteiger partial charge in [0.25, 0.3) is 0 Å². The molecule has 2 aromatic heterocycles. The molecule has 0 spiro atoms. The highest BCUT2D eigenvalue weighted by Crippen LogP contribution is 2.34. The zero-order chi connectivity index (χ0) is 18.5. The lowest BCUT2D eigenvalue weighted by Crippen LogP contribution is -2.42. The van der Waals surface area contributed by atoms with Crippen molar-refractivity contribution in [1.82, 2.24) is 24.8 Å². The predicted octanol–water partition coefficient (Wildman–Crippen LogP) is 1.57. The van der Waals surface area contributed by atoms with Crippen molar-refractivity contribution < 1.29 is 9.53 Å². The van der Waals surface area contributed by atoms with Gasteiger partial charge in [-0.1, -0.05) is 6.07 Å². The lowest BCUT2D eigenvalue weighted by molar-refractivity contribution is -0.120. The Kier molecular flexibility index (Phi) is 5.88. The highest BCUT2D eigenvalue weighted by molar-refractivity contribution is 5.78. The Morgan fingerprint density at radius 1 is 1.38 bits per heavy atom. The summed E-state index contributed by atoms with van der Waals surface area (Å²) >= 11 is 0. The topological polar surface area (TPSA) is 72.3 Å². The first-order valence-electron chi connectivity index (χ1n) is 9.01. The van der Waals surface area contributed by atoms with Crippen molar-refractivity contribution in [3.63, 3.8) is 0 Å². The van der Waals surface area contributed by atoms with Gasteiger partial charge >= 0.3 is 0 Å². The van der Waals surface area contributed by atoms with Crippen molar-refractivity contribution in [3.05, 3.63) is 42.1 Å². The van der Waals surface area contributed by atoms with Gasteiger partial charge < -0.3 is 14.6 Å². The first-order valence-corrected chi connectivity index (χ1v) is 9.01. The third-order valence-corrected chi connectivity index (χ3v) is 5.06. The van der Waals surface area contributed by atoms with E-state index in [4.69, 9.17) is 4.74 Å². The molecule has 7 heteroatoms. The van der Waals surface area contributed by atoms with Crippen LogP contribution in [0.4, 0.5) is 0 Å². The largest absolute Gasteiger partial charge is 0.481 e. The molecule has 1 aliphatic heterocycles. The Bertz CT molecular complexity index is 745. The van der Waals surface area contributed by atoms with E-state index in [0.717, 1.165) is 19.4 Å². The number of amides is 1. The summed E-state index contributed by atoms with van der Waals surface area (Å²) in [4.78, 5) is 23.3.